The van der Waals surface area contributed by atoms with Gasteiger partial charge in [-0.25, -0.2) is 0 Å². The third-order valence-corrected chi connectivity index (χ3v) is 9.42. The summed E-state index contributed by atoms with van der Waals surface area (Å²) in [7, 11) is 1.65. The van der Waals surface area contributed by atoms with E-state index in [0.29, 0.717) is 17.2 Å². The van der Waals surface area contributed by atoms with Crippen LogP contribution in [0.2, 0.25) is 0 Å². The molecule has 0 fully saturated rings. The fourth-order valence-corrected chi connectivity index (χ4v) is 6.64. The Morgan fingerprint density at radius 1 is 0.345 bits per heavy atom. The van der Waals surface area contributed by atoms with Crippen molar-refractivity contribution in [3.63, 3.8) is 0 Å². The second-order valence-corrected chi connectivity index (χ2v) is 13.4. The largest absolute Gasteiger partial charge is 0.497 e. The summed E-state index contributed by atoms with van der Waals surface area (Å²) in [6.45, 7) is 1.38. The van der Waals surface area contributed by atoms with Crippen molar-refractivity contribution < 1.29 is 23.7 Å². The standard InChI is InChI=1S/C51H40N2O5/c1-37(54)56-47-33-35-51(36-34-47)58-49-27-23-45(24-28-49)53(41-11-7-4-8-12-41)43-19-15-39(16-20-43)38-13-17-42(18-14-38)52(40-9-5-3-6-10-40)44-21-25-48(26-22-44)57-50-31-29-46(55-2)30-32-50/h3-36H,1-2H3. The van der Waals surface area contributed by atoms with Gasteiger partial charge < -0.3 is 28.7 Å². The van der Waals surface area contributed by atoms with Crippen LogP contribution >= 0.6 is 0 Å². The molecule has 7 nitrogen and oxygen atoms in total. The minimum Gasteiger partial charge on any atom is -0.497 e. The van der Waals surface area contributed by atoms with Gasteiger partial charge in [0.15, 0.2) is 0 Å². The molecule has 0 radical (unpaired) electrons. The number of ether oxygens (including phenoxy) is 4. The zero-order valence-electron chi connectivity index (χ0n) is 32.1. The molecule has 0 aliphatic rings. The summed E-state index contributed by atoms with van der Waals surface area (Å²) >= 11 is 0. The number of hydrogen-bond acceptors (Lipinski definition) is 7. The molecule has 8 aromatic rings. The number of nitrogens with zero attached hydrogens (tertiary/aromatic N) is 2. The number of esters is 1. The molecule has 0 aliphatic heterocycles. The van der Waals surface area contributed by atoms with Crippen LogP contribution in [0.3, 0.4) is 0 Å². The molecule has 284 valence electrons. The quantitative estimate of drug-likeness (QED) is 0.0856. The lowest BCUT2D eigenvalue weighted by molar-refractivity contribution is -0.131. The van der Waals surface area contributed by atoms with Crippen LogP contribution in [0, 0.1) is 0 Å². The second kappa shape index (κ2) is 17.4. The molecular formula is C51H40N2O5. The van der Waals surface area contributed by atoms with Crippen LogP contribution in [0.25, 0.3) is 11.1 Å². The summed E-state index contributed by atoms with van der Waals surface area (Å²) in [5.41, 5.74) is 8.38. The van der Waals surface area contributed by atoms with Crippen LogP contribution in [0.15, 0.2) is 206 Å². The average molecular weight is 761 g/mol. The normalized spacial score (nSPS) is 10.7. The molecule has 0 N–H and O–H groups in total. The van der Waals surface area contributed by atoms with Gasteiger partial charge in [-0.2, -0.15) is 0 Å². The highest BCUT2D eigenvalue weighted by molar-refractivity contribution is 5.81. The fourth-order valence-electron chi connectivity index (χ4n) is 6.64. The maximum absolute atomic E-state index is 11.3. The molecule has 58 heavy (non-hydrogen) atoms. The molecule has 7 heteroatoms. The number of methoxy groups -OCH3 is 1. The zero-order chi connectivity index (χ0) is 39.7. The number of rotatable bonds is 13. The van der Waals surface area contributed by atoms with E-state index in [0.717, 1.165) is 62.5 Å². The van der Waals surface area contributed by atoms with Crippen molar-refractivity contribution in [2.24, 2.45) is 0 Å². The predicted molar refractivity (Wildman–Crippen MR) is 232 cm³/mol. The minimum absolute atomic E-state index is 0.362. The first-order chi connectivity index (χ1) is 28.5. The molecule has 0 amide bonds. The van der Waals surface area contributed by atoms with Gasteiger partial charge in [0.1, 0.15) is 34.5 Å². The number of benzene rings is 8. The lowest BCUT2D eigenvalue weighted by Gasteiger charge is -2.26. The Morgan fingerprint density at radius 3 is 0.948 bits per heavy atom. The van der Waals surface area contributed by atoms with Crippen LogP contribution in [0.4, 0.5) is 34.1 Å². The summed E-state index contributed by atoms with van der Waals surface area (Å²) in [5.74, 6) is 3.73. The van der Waals surface area contributed by atoms with Crippen LogP contribution < -0.4 is 28.7 Å². The fraction of sp³-hybridized carbons (Fsp3) is 0.0392. The summed E-state index contributed by atoms with van der Waals surface area (Å²) in [5, 5.41) is 0. The Hall–Kier alpha value is -7.77. The van der Waals surface area contributed by atoms with Crippen LogP contribution in [0.1, 0.15) is 6.92 Å². The number of carbonyl (C=O) groups excluding carboxylic acids is 1. The number of hydrogen-bond donors (Lipinski definition) is 0. The van der Waals surface area contributed by atoms with Gasteiger partial charge >= 0.3 is 5.97 Å². The molecule has 0 unspecified atom stereocenters. The molecule has 0 atom stereocenters. The lowest BCUT2D eigenvalue weighted by atomic mass is 10.0. The van der Waals surface area contributed by atoms with Gasteiger partial charge in [0.05, 0.1) is 7.11 Å². The van der Waals surface area contributed by atoms with Crippen molar-refractivity contribution in [1.29, 1.82) is 0 Å². The Bertz CT molecular complexity index is 2540. The van der Waals surface area contributed by atoms with E-state index >= 15 is 0 Å². The van der Waals surface area contributed by atoms with Crippen molar-refractivity contribution in [1.82, 2.24) is 0 Å². The molecule has 0 aromatic heterocycles. The molecule has 0 spiro atoms. The van der Waals surface area contributed by atoms with E-state index in [1.807, 2.05) is 84.9 Å². The van der Waals surface area contributed by atoms with E-state index < -0.39 is 0 Å². The highest BCUT2D eigenvalue weighted by atomic mass is 16.5. The van der Waals surface area contributed by atoms with E-state index in [2.05, 4.69) is 107 Å². The third kappa shape index (κ3) is 8.85. The van der Waals surface area contributed by atoms with Crippen LogP contribution in [0.5, 0.6) is 34.5 Å². The van der Waals surface area contributed by atoms with Crippen LogP contribution in [-0.2, 0) is 4.79 Å². The van der Waals surface area contributed by atoms with Gasteiger partial charge in [-0.05, 0) is 157 Å². The first kappa shape index (κ1) is 37.2. The minimum atomic E-state index is -0.362. The molecule has 0 saturated carbocycles. The Morgan fingerprint density at radius 2 is 0.621 bits per heavy atom. The molecule has 8 aromatic carbocycles. The summed E-state index contributed by atoms with van der Waals surface area (Å²) < 4.78 is 22.6. The first-order valence-electron chi connectivity index (χ1n) is 18.9. The molecule has 8 rings (SSSR count). The summed E-state index contributed by atoms with van der Waals surface area (Å²) in [4.78, 5) is 15.7. The topological polar surface area (TPSA) is 60.5 Å². The second-order valence-electron chi connectivity index (χ2n) is 13.4. The van der Waals surface area contributed by atoms with Gasteiger partial charge in [-0.1, -0.05) is 60.7 Å². The van der Waals surface area contributed by atoms with Crippen molar-refractivity contribution in [3.8, 4) is 45.6 Å². The van der Waals surface area contributed by atoms with E-state index in [-0.39, 0.29) is 5.97 Å². The Balaban J connectivity index is 1.01. The zero-order valence-corrected chi connectivity index (χ0v) is 32.1. The van der Waals surface area contributed by atoms with Crippen LogP contribution in [-0.4, -0.2) is 13.1 Å². The van der Waals surface area contributed by atoms with Gasteiger partial charge in [-0.15, -0.1) is 0 Å². The van der Waals surface area contributed by atoms with E-state index in [1.165, 1.54) is 6.92 Å². The van der Waals surface area contributed by atoms with E-state index in [1.54, 1.807) is 31.4 Å². The van der Waals surface area contributed by atoms with Gasteiger partial charge in [0.2, 0.25) is 0 Å². The van der Waals surface area contributed by atoms with E-state index in [4.69, 9.17) is 18.9 Å². The van der Waals surface area contributed by atoms with Crippen molar-refractivity contribution in [2.75, 3.05) is 16.9 Å². The third-order valence-electron chi connectivity index (χ3n) is 9.42. The molecular weight excluding hydrogens is 721 g/mol. The molecule has 0 bridgehead atoms. The predicted octanol–water partition coefficient (Wildman–Crippen LogP) is 13.8. The lowest BCUT2D eigenvalue weighted by Crippen LogP contribution is -2.10. The van der Waals surface area contributed by atoms with Crippen molar-refractivity contribution in [2.45, 2.75) is 6.92 Å². The number of anilines is 6. The molecule has 0 heterocycles. The van der Waals surface area contributed by atoms with Gasteiger partial charge in [0, 0.05) is 41.0 Å². The van der Waals surface area contributed by atoms with Crippen molar-refractivity contribution in [3.05, 3.63) is 206 Å². The maximum atomic E-state index is 11.3. The monoisotopic (exact) mass is 760 g/mol. The number of para-hydroxylation sites is 2. The highest BCUT2D eigenvalue weighted by Crippen LogP contribution is 2.39. The summed E-state index contributed by atoms with van der Waals surface area (Å²) in [6, 6.07) is 68.6. The number of carbonyl (C=O) groups is 1. The van der Waals surface area contributed by atoms with Gasteiger partial charge in [-0.3, -0.25) is 4.79 Å². The first-order valence-corrected chi connectivity index (χ1v) is 18.9. The molecule has 0 saturated heterocycles. The van der Waals surface area contributed by atoms with Gasteiger partial charge in [0.25, 0.3) is 0 Å². The smallest absolute Gasteiger partial charge is 0.308 e. The maximum Gasteiger partial charge on any atom is 0.308 e. The summed E-state index contributed by atoms with van der Waals surface area (Å²) in [6.07, 6.45) is 0. The van der Waals surface area contributed by atoms with Crippen molar-refractivity contribution >= 4 is 40.1 Å². The Labute approximate surface area is 338 Å². The average Bonchev–Trinajstić information content (AvgIpc) is 3.27. The van der Waals surface area contributed by atoms with E-state index in [9.17, 15) is 4.79 Å². The molecule has 0 aliphatic carbocycles. The Kier molecular flexibility index (Phi) is 11.1. The SMILES string of the molecule is COc1ccc(Oc2ccc(N(c3ccccc3)c3ccc(-c4ccc(N(c5ccccc5)c5ccc(Oc6ccc(OC(C)=O)cc6)cc5)cc4)cc3)cc2)cc1. The highest BCUT2D eigenvalue weighted by Gasteiger charge is 2.15.